The molecule has 0 amide bonds. The molecular formula is C18H18O6. The van der Waals surface area contributed by atoms with Crippen LogP contribution >= 0.6 is 0 Å². The molecule has 126 valence electrons. The summed E-state index contributed by atoms with van der Waals surface area (Å²) in [5, 5.41) is 0. The summed E-state index contributed by atoms with van der Waals surface area (Å²) in [5.41, 5.74) is 0.495. The maximum absolute atomic E-state index is 11.6. The fourth-order valence-corrected chi connectivity index (χ4v) is 3.48. The van der Waals surface area contributed by atoms with Crippen molar-refractivity contribution in [2.75, 3.05) is 0 Å². The lowest BCUT2D eigenvalue weighted by Gasteiger charge is -2.34. The van der Waals surface area contributed by atoms with Crippen LogP contribution in [0.25, 0.3) is 0 Å². The lowest BCUT2D eigenvalue weighted by molar-refractivity contribution is -0.168. The zero-order valence-corrected chi connectivity index (χ0v) is 13.6. The second kappa shape index (κ2) is 5.54. The molecule has 2 saturated heterocycles. The third-order valence-electron chi connectivity index (χ3n) is 4.87. The van der Waals surface area contributed by atoms with Crippen LogP contribution in [0.15, 0.2) is 24.3 Å². The van der Waals surface area contributed by atoms with Gasteiger partial charge in [-0.05, 0) is 11.1 Å². The Bertz CT molecular complexity index is 635. The number of cyclic esters (lactones) is 4. The minimum absolute atomic E-state index is 0.139. The Labute approximate surface area is 139 Å². The number of rotatable bonds is 2. The minimum Gasteiger partial charge on any atom is -0.393 e. The summed E-state index contributed by atoms with van der Waals surface area (Å²) < 4.78 is 9.19. The lowest BCUT2D eigenvalue weighted by atomic mass is 9.72. The second-order valence-corrected chi connectivity index (χ2v) is 7.10. The highest BCUT2D eigenvalue weighted by molar-refractivity contribution is 5.91. The quantitative estimate of drug-likeness (QED) is 0.608. The van der Waals surface area contributed by atoms with Gasteiger partial charge in [-0.25, -0.2) is 0 Å². The average molecular weight is 330 g/mol. The Morgan fingerprint density at radius 2 is 0.875 bits per heavy atom. The van der Waals surface area contributed by atoms with E-state index in [0.717, 1.165) is 11.1 Å². The Morgan fingerprint density at radius 1 is 0.625 bits per heavy atom. The molecule has 3 rings (SSSR count). The smallest absolute Gasteiger partial charge is 0.314 e. The molecule has 0 aromatic heterocycles. The van der Waals surface area contributed by atoms with Gasteiger partial charge in [0.2, 0.25) is 0 Å². The molecule has 2 aliphatic heterocycles. The molecule has 0 unspecified atom stereocenters. The molecule has 0 radical (unpaired) electrons. The Hall–Kier alpha value is -2.50. The summed E-state index contributed by atoms with van der Waals surface area (Å²) in [6.07, 6.45) is 0.556. The summed E-state index contributed by atoms with van der Waals surface area (Å²) in [4.78, 5) is 46.3. The first-order chi connectivity index (χ1) is 11.2. The van der Waals surface area contributed by atoms with Crippen molar-refractivity contribution in [1.29, 1.82) is 0 Å². The fraction of sp³-hybridized carbons (Fsp3) is 0.444. The van der Waals surface area contributed by atoms with Crippen molar-refractivity contribution >= 4 is 23.9 Å². The molecule has 2 aliphatic rings. The molecule has 0 N–H and O–H groups in total. The van der Waals surface area contributed by atoms with Crippen LogP contribution in [0.4, 0.5) is 0 Å². The van der Waals surface area contributed by atoms with Gasteiger partial charge >= 0.3 is 23.9 Å². The number of benzene rings is 1. The van der Waals surface area contributed by atoms with Gasteiger partial charge in [-0.3, -0.25) is 19.2 Å². The highest BCUT2D eigenvalue weighted by Gasteiger charge is 2.41. The molecule has 0 bridgehead atoms. The van der Waals surface area contributed by atoms with Crippen LogP contribution < -0.4 is 0 Å². The van der Waals surface area contributed by atoms with Gasteiger partial charge in [0.25, 0.3) is 0 Å². The van der Waals surface area contributed by atoms with Gasteiger partial charge in [0, 0.05) is 10.8 Å². The molecule has 6 nitrogen and oxygen atoms in total. The molecule has 1 aromatic carbocycles. The van der Waals surface area contributed by atoms with Gasteiger partial charge in [0.15, 0.2) is 0 Å². The molecule has 2 fully saturated rings. The fourth-order valence-electron chi connectivity index (χ4n) is 3.48. The van der Waals surface area contributed by atoms with Crippen LogP contribution in [0.1, 0.15) is 50.7 Å². The summed E-state index contributed by atoms with van der Waals surface area (Å²) in [5.74, 6) is -2.09. The van der Waals surface area contributed by atoms with Crippen LogP contribution in [0, 0.1) is 0 Å². The molecular weight excluding hydrogens is 312 g/mol. The third kappa shape index (κ3) is 2.96. The molecule has 1 aromatic rings. The standard InChI is InChI=1S/C18H18O6/c1-17(7-13(19)23-14(20)8-17)11-3-5-12(6-4-11)18(2)9-15(21)24-16(22)10-18/h3-6H,7-10H2,1-2H3. The average Bonchev–Trinajstić information content (AvgIpc) is 2.44. The Kier molecular flexibility index (Phi) is 3.78. The predicted octanol–water partition coefficient (Wildman–Crippen LogP) is 1.93. The number of hydrogen-bond donors (Lipinski definition) is 0. The molecule has 2 heterocycles. The summed E-state index contributed by atoms with van der Waals surface area (Å²) in [7, 11) is 0. The van der Waals surface area contributed by atoms with Crippen molar-refractivity contribution in [3.8, 4) is 0 Å². The lowest BCUT2D eigenvalue weighted by Crippen LogP contribution is -2.38. The second-order valence-electron chi connectivity index (χ2n) is 7.10. The first kappa shape index (κ1) is 16.4. The van der Waals surface area contributed by atoms with Crippen LogP contribution in [0.5, 0.6) is 0 Å². The van der Waals surface area contributed by atoms with E-state index in [9.17, 15) is 19.2 Å². The predicted molar refractivity (Wildman–Crippen MR) is 81.8 cm³/mol. The highest BCUT2D eigenvalue weighted by atomic mass is 16.6. The zero-order chi connectivity index (χ0) is 17.5. The van der Waals surface area contributed by atoms with Crippen LogP contribution in [-0.2, 0) is 39.5 Å². The zero-order valence-electron chi connectivity index (χ0n) is 13.6. The minimum atomic E-state index is -0.604. The highest BCUT2D eigenvalue weighted by Crippen LogP contribution is 2.39. The first-order valence-corrected chi connectivity index (χ1v) is 7.78. The van der Waals surface area contributed by atoms with E-state index in [0.29, 0.717) is 0 Å². The molecule has 0 saturated carbocycles. The van der Waals surface area contributed by atoms with Gasteiger partial charge in [0.1, 0.15) is 0 Å². The normalized spacial score (nSPS) is 22.8. The van der Waals surface area contributed by atoms with Gasteiger partial charge in [-0.1, -0.05) is 38.1 Å². The van der Waals surface area contributed by atoms with E-state index in [1.807, 2.05) is 38.1 Å². The van der Waals surface area contributed by atoms with Crippen molar-refractivity contribution in [2.24, 2.45) is 0 Å². The summed E-state index contributed by atoms with van der Waals surface area (Å²) in [6.45, 7) is 3.70. The number of ether oxygens (including phenoxy) is 2. The molecule has 0 aliphatic carbocycles. The van der Waals surface area contributed by atoms with E-state index >= 15 is 0 Å². The van der Waals surface area contributed by atoms with Gasteiger partial charge < -0.3 is 9.47 Å². The summed E-state index contributed by atoms with van der Waals surface area (Å²) in [6, 6.07) is 7.38. The van der Waals surface area contributed by atoms with Gasteiger partial charge in [0.05, 0.1) is 25.7 Å². The number of carbonyl (C=O) groups excluding carboxylic acids is 4. The third-order valence-corrected chi connectivity index (χ3v) is 4.87. The van der Waals surface area contributed by atoms with Crippen LogP contribution in [-0.4, -0.2) is 23.9 Å². The monoisotopic (exact) mass is 330 g/mol. The largest absolute Gasteiger partial charge is 0.393 e. The number of esters is 4. The topological polar surface area (TPSA) is 86.7 Å². The van der Waals surface area contributed by atoms with E-state index in [1.54, 1.807) is 0 Å². The van der Waals surface area contributed by atoms with Crippen molar-refractivity contribution in [3.05, 3.63) is 35.4 Å². The van der Waals surface area contributed by atoms with Crippen molar-refractivity contribution < 1.29 is 28.7 Å². The number of hydrogen-bond acceptors (Lipinski definition) is 6. The Balaban J connectivity index is 1.88. The summed E-state index contributed by atoms with van der Waals surface area (Å²) >= 11 is 0. The maximum atomic E-state index is 11.6. The maximum Gasteiger partial charge on any atom is 0.314 e. The molecule has 0 atom stereocenters. The SMILES string of the molecule is CC1(c2ccc(C3(C)CC(=O)OC(=O)C3)cc2)CC(=O)OC(=O)C1. The van der Waals surface area contributed by atoms with E-state index < -0.39 is 34.7 Å². The van der Waals surface area contributed by atoms with Gasteiger partial charge in [-0.15, -0.1) is 0 Å². The van der Waals surface area contributed by atoms with Crippen LogP contribution in [0.3, 0.4) is 0 Å². The molecule has 0 spiro atoms. The molecule has 6 heteroatoms. The van der Waals surface area contributed by atoms with Crippen LogP contribution in [0.2, 0.25) is 0 Å². The van der Waals surface area contributed by atoms with E-state index in [4.69, 9.17) is 0 Å². The van der Waals surface area contributed by atoms with Gasteiger partial charge in [-0.2, -0.15) is 0 Å². The van der Waals surface area contributed by atoms with E-state index in [2.05, 4.69) is 9.47 Å². The number of carbonyl (C=O) groups is 4. The Morgan fingerprint density at radius 3 is 1.12 bits per heavy atom. The van der Waals surface area contributed by atoms with Crippen molar-refractivity contribution in [1.82, 2.24) is 0 Å². The first-order valence-electron chi connectivity index (χ1n) is 7.78. The molecule has 24 heavy (non-hydrogen) atoms. The van der Waals surface area contributed by atoms with E-state index in [-0.39, 0.29) is 25.7 Å². The van der Waals surface area contributed by atoms with Crippen molar-refractivity contribution in [3.63, 3.8) is 0 Å². The van der Waals surface area contributed by atoms with Crippen molar-refractivity contribution in [2.45, 2.75) is 50.4 Å². The van der Waals surface area contributed by atoms with E-state index in [1.165, 1.54) is 0 Å².